The van der Waals surface area contributed by atoms with Crippen LogP contribution in [0.4, 0.5) is 0 Å². The Morgan fingerprint density at radius 2 is 1.44 bits per heavy atom. The van der Waals surface area contributed by atoms with Gasteiger partial charge in [-0.25, -0.2) is 0 Å². The van der Waals surface area contributed by atoms with Crippen LogP contribution in [-0.2, 0) is 42.7 Å². The van der Waals surface area contributed by atoms with Gasteiger partial charge in [0.05, 0.1) is 49.6 Å². The van der Waals surface area contributed by atoms with Gasteiger partial charge in [-0.2, -0.15) is 0 Å². The summed E-state index contributed by atoms with van der Waals surface area (Å²) in [4.78, 5) is 32.1. The molecule has 0 spiro atoms. The Balaban J connectivity index is 1.68. The first kappa shape index (κ1) is 51.8. The molecule has 4 heterocycles. The molecule has 4 aliphatic rings. The zero-order valence-electron chi connectivity index (χ0n) is 38.9. The SMILES string of the molecule is CC[C@H]1OC(=O)C[C@@H](O)[C@H](C)[C@@H](O[C@@H]2O[C@H](C)[C@@H](O)[C@H](N(C)C)[C@H]2O)[C@@H](CCN2C[C@H](C)C[C@H](C)C2)C[C@@H](C)C(=O)/C=C/C(C)=C\[C@@H]1CO[C@@H]1O[C@H](C)[C@@H](O)[C@@H](OC)[C@H]1OC. The fourth-order valence-electron chi connectivity index (χ4n) is 10.0. The predicted molar refractivity (Wildman–Crippen MR) is 229 cm³/mol. The van der Waals surface area contributed by atoms with Crippen LogP contribution in [0, 0.1) is 35.5 Å². The van der Waals surface area contributed by atoms with Gasteiger partial charge in [0.2, 0.25) is 0 Å². The monoisotopic (exact) mass is 869 g/mol. The van der Waals surface area contributed by atoms with Crippen molar-refractivity contribution in [1.29, 1.82) is 0 Å². The number of likely N-dealkylation sites (tertiary alicyclic amines) is 1. The lowest BCUT2D eigenvalue weighted by Crippen LogP contribution is -2.63. The second-order valence-corrected chi connectivity index (χ2v) is 18.9. The highest BCUT2D eigenvalue weighted by atomic mass is 16.7. The highest BCUT2D eigenvalue weighted by Gasteiger charge is 2.48. The number of carbonyl (C=O) groups excluding carboxylic acids is 2. The standard InChI is InChI=1S/C46H80N2O13/c1-13-36-33(24-57-46-44(56-12)43(55-11)40(53)31(8)59-46)19-25(2)14-15-34(49)28(5)20-32(16-17-48-22-26(3)18-27(4)23-48)42(29(6)35(50)21-37(51)60-36)61-45-41(54)38(47(9)10)39(52)30(7)58-45/h14-15,19,26-33,35-36,38-46,50,52-54H,13,16-18,20-24H2,1-12H3/b15-14+,25-19-/t26-,27+,28-,29+,30-,31-,32+,33-,35-,36-,38+,39-,40-,41-,42-,43-,44-,45+,46-/m1/s1. The number of allylic oxidation sites excluding steroid dienone is 3. The number of hydrogen-bond acceptors (Lipinski definition) is 15. The number of aliphatic hydroxyl groups excluding tert-OH is 4. The zero-order chi connectivity index (χ0) is 45.3. The van der Waals surface area contributed by atoms with Gasteiger partial charge in [0, 0.05) is 45.1 Å². The molecule has 19 atom stereocenters. The summed E-state index contributed by atoms with van der Waals surface area (Å²) in [6, 6.07) is -0.684. The van der Waals surface area contributed by atoms with Crippen LogP contribution >= 0.6 is 0 Å². The van der Waals surface area contributed by atoms with Gasteiger partial charge >= 0.3 is 5.97 Å². The highest BCUT2D eigenvalue weighted by molar-refractivity contribution is 5.91. The van der Waals surface area contributed by atoms with E-state index in [0.29, 0.717) is 31.1 Å². The van der Waals surface area contributed by atoms with E-state index in [1.54, 1.807) is 45.0 Å². The quantitative estimate of drug-likeness (QED) is 0.209. The number of ether oxygens (including phenoxy) is 7. The van der Waals surface area contributed by atoms with Crippen molar-refractivity contribution in [1.82, 2.24) is 9.80 Å². The van der Waals surface area contributed by atoms with Gasteiger partial charge in [0.1, 0.15) is 30.5 Å². The number of piperidine rings is 1. The molecule has 3 saturated heterocycles. The number of ketones is 1. The maximum atomic E-state index is 14.0. The van der Waals surface area contributed by atoms with Crippen molar-refractivity contribution in [3.63, 3.8) is 0 Å². The van der Waals surface area contributed by atoms with Crippen LogP contribution in [0.2, 0.25) is 0 Å². The molecule has 0 amide bonds. The lowest BCUT2D eigenvalue weighted by atomic mass is 9.79. The van der Waals surface area contributed by atoms with E-state index in [4.69, 9.17) is 33.2 Å². The topological polar surface area (TPSA) is 186 Å². The van der Waals surface area contributed by atoms with E-state index < -0.39 is 103 Å². The summed E-state index contributed by atoms with van der Waals surface area (Å²) in [6.07, 6.45) is -2.96. The molecule has 15 heteroatoms. The third-order valence-electron chi connectivity index (χ3n) is 13.5. The van der Waals surface area contributed by atoms with E-state index in [1.807, 2.05) is 33.8 Å². The minimum atomic E-state index is -1.23. The Hall–Kier alpha value is -1.86. The van der Waals surface area contributed by atoms with E-state index in [-0.39, 0.29) is 24.7 Å². The number of aliphatic hydroxyl groups is 4. The Bertz CT molecular complexity index is 1420. The van der Waals surface area contributed by atoms with Crippen LogP contribution in [-0.4, -0.2) is 176 Å². The predicted octanol–water partition coefficient (Wildman–Crippen LogP) is 3.34. The van der Waals surface area contributed by atoms with Crippen molar-refractivity contribution in [2.45, 2.75) is 167 Å². The molecule has 61 heavy (non-hydrogen) atoms. The van der Waals surface area contributed by atoms with E-state index in [9.17, 15) is 30.0 Å². The number of cyclic esters (lactones) is 1. The Morgan fingerprint density at radius 1 is 0.820 bits per heavy atom. The minimum absolute atomic E-state index is 0.0427. The molecule has 0 unspecified atom stereocenters. The van der Waals surface area contributed by atoms with Gasteiger partial charge in [-0.05, 0) is 90.9 Å². The van der Waals surface area contributed by atoms with Crippen LogP contribution in [0.3, 0.4) is 0 Å². The molecule has 15 nitrogen and oxygen atoms in total. The molecule has 4 aliphatic heterocycles. The molecule has 4 N–H and O–H groups in total. The summed E-state index contributed by atoms with van der Waals surface area (Å²) in [7, 11) is 6.54. The van der Waals surface area contributed by atoms with Gasteiger partial charge in [-0.1, -0.05) is 52.3 Å². The molecule has 0 bridgehead atoms. The molecule has 352 valence electrons. The van der Waals surface area contributed by atoms with E-state index in [0.717, 1.165) is 25.2 Å². The van der Waals surface area contributed by atoms with Gasteiger partial charge < -0.3 is 63.4 Å². The van der Waals surface area contributed by atoms with Crippen LogP contribution in [0.25, 0.3) is 0 Å². The second-order valence-electron chi connectivity index (χ2n) is 18.9. The lowest BCUT2D eigenvalue weighted by molar-refractivity contribution is -0.304. The van der Waals surface area contributed by atoms with Crippen molar-refractivity contribution < 1.29 is 63.2 Å². The summed E-state index contributed by atoms with van der Waals surface area (Å²) in [5.41, 5.74) is 0.761. The van der Waals surface area contributed by atoms with E-state index >= 15 is 0 Å². The van der Waals surface area contributed by atoms with Crippen LogP contribution in [0.5, 0.6) is 0 Å². The number of nitrogens with zero attached hydrogens (tertiary/aromatic N) is 2. The summed E-state index contributed by atoms with van der Waals surface area (Å²) in [5, 5.41) is 45.3. The fourth-order valence-corrected chi connectivity index (χ4v) is 10.0. The molecule has 0 aromatic heterocycles. The third kappa shape index (κ3) is 13.8. The summed E-state index contributed by atoms with van der Waals surface area (Å²) < 4.78 is 42.6. The Kier molecular flexibility index (Phi) is 20.3. The fraction of sp³-hybridized carbons (Fsp3) is 0.870. The average Bonchev–Trinajstić information content (AvgIpc) is 3.19. The smallest absolute Gasteiger partial charge is 0.308 e. The van der Waals surface area contributed by atoms with Gasteiger partial charge in [0.15, 0.2) is 18.4 Å². The molecule has 0 aromatic carbocycles. The van der Waals surface area contributed by atoms with E-state index in [2.05, 4.69) is 18.7 Å². The molecule has 0 aliphatic carbocycles. The van der Waals surface area contributed by atoms with Crippen molar-refractivity contribution in [3.05, 3.63) is 23.8 Å². The first-order valence-electron chi connectivity index (χ1n) is 22.6. The average molecular weight is 869 g/mol. The zero-order valence-corrected chi connectivity index (χ0v) is 38.9. The van der Waals surface area contributed by atoms with Gasteiger partial charge in [-0.3, -0.25) is 9.59 Å². The summed E-state index contributed by atoms with van der Waals surface area (Å²) in [5.74, 6) is -1.46. The summed E-state index contributed by atoms with van der Waals surface area (Å²) in [6.45, 7) is 18.2. The number of rotatable bonds is 12. The summed E-state index contributed by atoms with van der Waals surface area (Å²) >= 11 is 0. The van der Waals surface area contributed by atoms with E-state index in [1.165, 1.54) is 20.6 Å². The molecule has 0 saturated carbocycles. The van der Waals surface area contributed by atoms with Crippen molar-refractivity contribution in [2.75, 3.05) is 54.6 Å². The van der Waals surface area contributed by atoms with Crippen LogP contribution < -0.4 is 0 Å². The Morgan fingerprint density at radius 3 is 2.05 bits per heavy atom. The van der Waals surface area contributed by atoms with Crippen molar-refractivity contribution in [2.24, 2.45) is 35.5 Å². The van der Waals surface area contributed by atoms with Crippen molar-refractivity contribution in [3.8, 4) is 0 Å². The number of hydrogen-bond donors (Lipinski definition) is 4. The molecule has 3 fully saturated rings. The maximum Gasteiger partial charge on any atom is 0.308 e. The van der Waals surface area contributed by atoms with Crippen molar-refractivity contribution >= 4 is 11.8 Å². The molecule has 0 radical (unpaired) electrons. The number of likely N-dealkylation sites (N-methyl/N-ethyl adjacent to an activating group) is 1. The number of carbonyl (C=O) groups is 2. The third-order valence-corrected chi connectivity index (χ3v) is 13.5. The van der Waals surface area contributed by atoms with Gasteiger partial charge in [0.25, 0.3) is 0 Å². The Labute approximate surface area is 365 Å². The first-order valence-corrected chi connectivity index (χ1v) is 22.6. The first-order chi connectivity index (χ1) is 28.8. The molecule has 4 rings (SSSR count). The largest absolute Gasteiger partial charge is 0.462 e. The maximum absolute atomic E-state index is 14.0. The normalized spacial score (nSPS) is 44.3. The van der Waals surface area contributed by atoms with Gasteiger partial charge in [-0.15, -0.1) is 0 Å². The molecular formula is C46H80N2O13. The van der Waals surface area contributed by atoms with Crippen LogP contribution in [0.1, 0.15) is 87.5 Å². The molecular weight excluding hydrogens is 789 g/mol. The highest BCUT2D eigenvalue weighted by Crippen LogP contribution is 2.36. The van der Waals surface area contributed by atoms with Crippen LogP contribution in [0.15, 0.2) is 23.8 Å². The second kappa shape index (κ2) is 23.9. The molecule has 0 aromatic rings. The number of methoxy groups -OCH3 is 2. The number of esters is 1. The minimum Gasteiger partial charge on any atom is -0.462 e. The lowest BCUT2D eigenvalue weighted by Gasteiger charge is -2.47.